The Morgan fingerprint density at radius 3 is 2.20 bits per heavy atom. The summed E-state index contributed by atoms with van der Waals surface area (Å²) < 4.78 is 0. The highest BCUT2D eigenvalue weighted by atomic mass is 16.4. The summed E-state index contributed by atoms with van der Waals surface area (Å²) in [5.74, 6) is 2.04. The third kappa shape index (κ3) is 5.40. The highest BCUT2D eigenvalue weighted by Gasteiger charge is 2.82. The van der Waals surface area contributed by atoms with Crippen LogP contribution in [0, 0.1) is 84.7 Å². The molecule has 0 radical (unpaired) electrons. The molecule has 0 amide bonds. The molecule has 2 N–H and O–H groups in total. The molecule has 308 valence electrons. The Morgan fingerprint density at radius 2 is 1.49 bits per heavy atom. The number of hydrogen-bond acceptors (Lipinski definition) is 4. The van der Waals surface area contributed by atoms with E-state index in [1.807, 2.05) is 6.92 Å². The van der Waals surface area contributed by atoms with Gasteiger partial charge in [0.05, 0.1) is 11.0 Å². The predicted octanol–water partition coefficient (Wildman–Crippen LogP) is 11.8. The summed E-state index contributed by atoms with van der Waals surface area (Å²) in [5, 5.41) is 22.6. The third-order valence-corrected chi connectivity index (χ3v) is 21.5. The van der Waals surface area contributed by atoms with Crippen LogP contribution in [0.3, 0.4) is 0 Å². The first kappa shape index (κ1) is 40.3. The fourth-order valence-corrected chi connectivity index (χ4v) is 18.4. The lowest BCUT2D eigenvalue weighted by Crippen LogP contribution is -2.57. The number of Topliss-reactive ketones (excluding diaryl/α,β-unsaturated/α-hetero) is 2. The van der Waals surface area contributed by atoms with Crippen molar-refractivity contribution in [3.05, 3.63) is 11.6 Å². The Balaban J connectivity index is 0.954. The van der Waals surface area contributed by atoms with Crippen LogP contribution in [0.4, 0.5) is 0 Å². The van der Waals surface area contributed by atoms with Gasteiger partial charge in [0, 0.05) is 24.2 Å². The van der Waals surface area contributed by atoms with Gasteiger partial charge >= 0.3 is 5.97 Å². The third-order valence-electron chi connectivity index (χ3n) is 21.5. The molecule has 14 atom stereocenters. The van der Waals surface area contributed by atoms with Gasteiger partial charge in [-0.1, -0.05) is 73.5 Å². The van der Waals surface area contributed by atoms with Crippen LogP contribution in [-0.4, -0.2) is 33.3 Å². The van der Waals surface area contributed by atoms with Crippen molar-refractivity contribution >= 4 is 17.5 Å². The van der Waals surface area contributed by atoms with Crippen LogP contribution < -0.4 is 0 Å². The average Bonchev–Trinajstić information content (AvgIpc) is 3.67. The zero-order valence-corrected chi connectivity index (χ0v) is 36.7. The van der Waals surface area contributed by atoms with E-state index >= 15 is 0 Å². The summed E-state index contributed by atoms with van der Waals surface area (Å²) in [5.41, 5.74) is 0.738. The van der Waals surface area contributed by atoms with E-state index in [4.69, 9.17) is 0 Å². The van der Waals surface area contributed by atoms with Gasteiger partial charge in [0.25, 0.3) is 0 Å². The second-order valence-electron chi connectivity index (χ2n) is 24.4. The van der Waals surface area contributed by atoms with Crippen LogP contribution >= 0.6 is 0 Å². The Bertz CT molecular complexity index is 1650. The number of aliphatic carboxylic acids is 1. The van der Waals surface area contributed by atoms with Crippen LogP contribution in [0.2, 0.25) is 0 Å². The van der Waals surface area contributed by atoms with E-state index < -0.39 is 22.9 Å². The summed E-state index contributed by atoms with van der Waals surface area (Å²) in [6.45, 7) is 23.2. The van der Waals surface area contributed by atoms with E-state index in [1.165, 1.54) is 63.4 Å². The number of allylic oxidation sites excluding steroid dienone is 2. The Kier molecular flexibility index (Phi) is 9.17. The lowest BCUT2D eigenvalue weighted by molar-refractivity contribution is -0.169. The molecule has 8 rings (SSSR count). The van der Waals surface area contributed by atoms with Crippen molar-refractivity contribution in [2.75, 3.05) is 0 Å². The van der Waals surface area contributed by atoms with Crippen molar-refractivity contribution in [2.24, 2.45) is 84.7 Å². The van der Waals surface area contributed by atoms with Crippen LogP contribution in [0.25, 0.3) is 0 Å². The highest BCUT2D eigenvalue weighted by Crippen LogP contribution is 2.89. The largest absolute Gasteiger partial charge is 0.481 e. The van der Waals surface area contributed by atoms with Gasteiger partial charge < -0.3 is 10.2 Å². The van der Waals surface area contributed by atoms with Gasteiger partial charge in [-0.05, 0) is 185 Å². The average molecular weight is 759 g/mol. The second kappa shape index (κ2) is 12.5. The van der Waals surface area contributed by atoms with E-state index in [-0.39, 0.29) is 44.7 Å². The molecule has 0 aliphatic heterocycles. The minimum atomic E-state index is -1.10. The summed E-state index contributed by atoms with van der Waals surface area (Å²) >= 11 is 0. The molecule has 0 unspecified atom stereocenters. The molecule has 2 spiro atoms. The lowest BCUT2D eigenvalue weighted by Gasteiger charge is -2.62. The summed E-state index contributed by atoms with van der Waals surface area (Å²) in [6, 6.07) is 0. The van der Waals surface area contributed by atoms with Crippen molar-refractivity contribution in [2.45, 2.75) is 197 Å². The van der Waals surface area contributed by atoms with Crippen molar-refractivity contribution in [3.63, 3.8) is 0 Å². The highest BCUT2D eigenvalue weighted by molar-refractivity contribution is 5.89. The number of fused-ring (bicyclic) bond motifs is 3. The SMILES string of the molecule is C[C@H](CC(=O)[C@H]1CC=C(CC[C@@H]2[C@@]3(C)CCCC(C)(C)[C@@H]3CC[C@@]2(C)O)C[C@]1(C)C(=O)O)[C@H]1CC[C@@]2(C)[C@@H]3CC[C@H]4C(C)(C)C(=O)CC[C@@]45C[C@@]35CC[C@]12C. The maximum atomic E-state index is 14.5. The van der Waals surface area contributed by atoms with Crippen LogP contribution in [0.15, 0.2) is 11.6 Å². The molecular formula is C50H78O5. The van der Waals surface area contributed by atoms with Crippen LogP contribution in [0.1, 0.15) is 191 Å². The van der Waals surface area contributed by atoms with Crippen molar-refractivity contribution < 1.29 is 24.6 Å². The molecule has 0 heterocycles. The lowest BCUT2D eigenvalue weighted by atomic mass is 9.42. The first-order chi connectivity index (χ1) is 25.5. The molecular weight excluding hydrogens is 681 g/mol. The van der Waals surface area contributed by atoms with Crippen molar-refractivity contribution in [3.8, 4) is 0 Å². The maximum absolute atomic E-state index is 14.5. The molecule has 0 aromatic carbocycles. The second-order valence-corrected chi connectivity index (χ2v) is 24.4. The van der Waals surface area contributed by atoms with E-state index in [2.05, 4.69) is 68.4 Å². The first-order valence-electron chi connectivity index (χ1n) is 23.2. The summed E-state index contributed by atoms with van der Waals surface area (Å²) in [4.78, 5) is 40.7. The number of carbonyl (C=O) groups is 3. The van der Waals surface area contributed by atoms with Gasteiger partial charge in [-0.3, -0.25) is 14.4 Å². The predicted molar refractivity (Wildman–Crippen MR) is 219 cm³/mol. The molecule has 0 saturated heterocycles. The molecule has 8 aliphatic rings. The quantitative estimate of drug-likeness (QED) is 0.241. The maximum Gasteiger partial charge on any atom is 0.310 e. The molecule has 7 saturated carbocycles. The number of hydrogen-bond donors (Lipinski definition) is 2. The molecule has 0 aromatic heterocycles. The minimum absolute atomic E-state index is 0.0854. The van der Waals surface area contributed by atoms with Crippen molar-refractivity contribution in [1.82, 2.24) is 0 Å². The normalized spacial score (nSPS) is 51.3. The van der Waals surface area contributed by atoms with Gasteiger partial charge in [-0.25, -0.2) is 0 Å². The van der Waals surface area contributed by atoms with Crippen LogP contribution in [0.5, 0.6) is 0 Å². The topological polar surface area (TPSA) is 91.7 Å². The molecule has 0 bridgehead atoms. The standard InChI is InChI=1S/C50H78O5/c1-31(33-18-23-47(9)39-17-16-37-43(4,5)40(52)20-25-49(37)30-50(39,49)27-26-46(33,47)8)28-35(51)34-14-12-32(29-45(34,7)41(53)54)13-15-38-44(6)22-11-21-42(2,3)36(44)19-24-48(38,10)55/h12,31,33-34,36-39,55H,11,13-30H2,1-10H3,(H,53,54)/t31-,33-,34-,36+,37+,38-,39+,44+,45+,46-,47+,48-,49-,50+/m1/s1. The Morgan fingerprint density at radius 1 is 0.800 bits per heavy atom. The number of ketones is 2. The fourth-order valence-electron chi connectivity index (χ4n) is 18.4. The van der Waals surface area contributed by atoms with Gasteiger partial charge in [-0.2, -0.15) is 0 Å². The van der Waals surface area contributed by atoms with E-state index in [0.717, 1.165) is 44.9 Å². The first-order valence-corrected chi connectivity index (χ1v) is 23.2. The molecule has 8 aliphatic carbocycles. The molecule has 55 heavy (non-hydrogen) atoms. The zero-order chi connectivity index (χ0) is 40.0. The van der Waals surface area contributed by atoms with Gasteiger partial charge in [0.1, 0.15) is 11.6 Å². The van der Waals surface area contributed by atoms with Gasteiger partial charge in [0.2, 0.25) is 0 Å². The fraction of sp³-hybridized carbons (Fsp3) is 0.900. The van der Waals surface area contributed by atoms with E-state index in [0.29, 0.717) is 59.5 Å². The van der Waals surface area contributed by atoms with Crippen LogP contribution in [-0.2, 0) is 14.4 Å². The summed E-state index contributed by atoms with van der Waals surface area (Å²) in [6.07, 6.45) is 21.4. The minimum Gasteiger partial charge on any atom is -0.481 e. The molecule has 0 aromatic rings. The number of aliphatic hydroxyl groups is 1. The number of carbonyl (C=O) groups excluding carboxylic acids is 2. The van der Waals surface area contributed by atoms with Crippen molar-refractivity contribution in [1.29, 1.82) is 0 Å². The molecule has 7 fully saturated rings. The zero-order valence-electron chi connectivity index (χ0n) is 36.7. The van der Waals surface area contributed by atoms with E-state index in [1.54, 1.807) is 0 Å². The number of rotatable bonds is 8. The van der Waals surface area contributed by atoms with E-state index in [9.17, 15) is 24.6 Å². The Hall–Kier alpha value is -1.49. The molecule has 5 heteroatoms. The molecule has 5 nitrogen and oxygen atoms in total. The number of carboxylic acid groups (broad SMARTS) is 1. The number of carboxylic acids is 1. The smallest absolute Gasteiger partial charge is 0.310 e. The summed E-state index contributed by atoms with van der Waals surface area (Å²) in [7, 11) is 0. The monoisotopic (exact) mass is 759 g/mol. The Labute approximate surface area is 334 Å². The van der Waals surface area contributed by atoms with Gasteiger partial charge in [-0.15, -0.1) is 0 Å². The van der Waals surface area contributed by atoms with Gasteiger partial charge in [0.15, 0.2) is 0 Å².